The van der Waals surface area contributed by atoms with Gasteiger partial charge in [0.1, 0.15) is 5.02 Å². The maximum atomic E-state index is 12.4. The van der Waals surface area contributed by atoms with Gasteiger partial charge in [0.05, 0.1) is 16.6 Å². The Hall–Kier alpha value is -2.91. The van der Waals surface area contributed by atoms with E-state index in [4.69, 9.17) is 16.9 Å². The summed E-state index contributed by atoms with van der Waals surface area (Å²) in [5, 5.41) is 19.8. The Bertz CT molecular complexity index is 814. The van der Waals surface area contributed by atoms with E-state index in [1.165, 1.54) is 17.0 Å². The molecule has 0 atom stereocenters. The van der Waals surface area contributed by atoms with Gasteiger partial charge in [0.15, 0.2) is 0 Å². The Morgan fingerprint density at radius 3 is 2.74 bits per heavy atom. The van der Waals surface area contributed by atoms with E-state index in [2.05, 4.69) is 0 Å². The SMILES string of the molecule is CN(Cc1cccc(C#N)c1)C(=O)c1ccc(Cl)c([N+](=O)[O-])c1. The van der Waals surface area contributed by atoms with Crippen LogP contribution in [-0.4, -0.2) is 22.8 Å². The molecule has 0 aliphatic heterocycles. The number of amides is 1. The molecular weight excluding hydrogens is 318 g/mol. The zero-order valence-electron chi connectivity index (χ0n) is 12.2. The summed E-state index contributed by atoms with van der Waals surface area (Å²) >= 11 is 5.74. The summed E-state index contributed by atoms with van der Waals surface area (Å²) in [6.45, 7) is 0.283. The first-order chi connectivity index (χ1) is 10.9. The Kier molecular flexibility index (Phi) is 4.94. The molecule has 23 heavy (non-hydrogen) atoms. The highest BCUT2D eigenvalue weighted by molar-refractivity contribution is 6.32. The smallest absolute Gasteiger partial charge is 0.288 e. The van der Waals surface area contributed by atoms with Crippen molar-refractivity contribution >= 4 is 23.2 Å². The molecule has 0 saturated heterocycles. The summed E-state index contributed by atoms with van der Waals surface area (Å²) in [5.74, 6) is -0.368. The largest absolute Gasteiger partial charge is 0.337 e. The molecular formula is C16H12ClN3O3. The third-order valence-electron chi connectivity index (χ3n) is 3.21. The molecule has 7 heteroatoms. The quantitative estimate of drug-likeness (QED) is 0.635. The fourth-order valence-electron chi connectivity index (χ4n) is 2.09. The maximum Gasteiger partial charge on any atom is 0.288 e. The van der Waals surface area contributed by atoms with E-state index in [1.807, 2.05) is 6.07 Å². The van der Waals surface area contributed by atoms with Crippen molar-refractivity contribution in [1.82, 2.24) is 4.90 Å². The van der Waals surface area contributed by atoms with Crippen LogP contribution in [0.5, 0.6) is 0 Å². The van der Waals surface area contributed by atoms with Gasteiger partial charge in [-0.2, -0.15) is 5.26 Å². The number of nitriles is 1. The third-order valence-corrected chi connectivity index (χ3v) is 3.53. The number of nitro groups is 1. The lowest BCUT2D eigenvalue weighted by Gasteiger charge is -2.17. The van der Waals surface area contributed by atoms with Gasteiger partial charge in [0.25, 0.3) is 11.6 Å². The van der Waals surface area contributed by atoms with Gasteiger partial charge in [-0.1, -0.05) is 23.7 Å². The van der Waals surface area contributed by atoms with E-state index in [1.54, 1.807) is 31.3 Å². The summed E-state index contributed by atoms with van der Waals surface area (Å²) in [6.07, 6.45) is 0. The van der Waals surface area contributed by atoms with Gasteiger partial charge >= 0.3 is 0 Å². The van der Waals surface area contributed by atoms with Gasteiger partial charge in [0, 0.05) is 25.2 Å². The van der Waals surface area contributed by atoms with E-state index in [0.29, 0.717) is 5.56 Å². The molecule has 1 amide bonds. The van der Waals surface area contributed by atoms with Crippen LogP contribution in [-0.2, 0) is 6.54 Å². The molecule has 0 heterocycles. The number of nitro benzene ring substituents is 1. The van der Waals surface area contributed by atoms with Crippen LogP contribution in [0.25, 0.3) is 0 Å². The minimum Gasteiger partial charge on any atom is -0.337 e. The highest BCUT2D eigenvalue weighted by atomic mass is 35.5. The monoisotopic (exact) mass is 329 g/mol. The Morgan fingerprint density at radius 1 is 1.35 bits per heavy atom. The van der Waals surface area contributed by atoms with Crippen LogP contribution in [0.3, 0.4) is 0 Å². The third kappa shape index (κ3) is 3.84. The number of nitrogens with zero attached hydrogens (tertiary/aromatic N) is 3. The average molecular weight is 330 g/mol. The Morgan fingerprint density at radius 2 is 2.09 bits per heavy atom. The predicted octanol–water partition coefficient (Wildman–Crippen LogP) is 3.39. The molecule has 116 valence electrons. The zero-order valence-corrected chi connectivity index (χ0v) is 12.9. The molecule has 2 aromatic rings. The molecule has 0 fully saturated rings. The van der Waals surface area contributed by atoms with Gasteiger partial charge in [0.2, 0.25) is 0 Å². The second kappa shape index (κ2) is 6.90. The molecule has 0 N–H and O–H groups in total. The minimum absolute atomic E-state index is 0.0177. The van der Waals surface area contributed by atoms with Crippen LogP contribution in [0.1, 0.15) is 21.5 Å². The first-order valence-electron chi connectivity index (χ1n) is 6.61. The molecule has 0 aromatic heterocycles. The summed E-state index contributed by atoms with van der Waals surface area (Å²) in [4.78, 5) is 24.1. The molecule has 0 saturated carbocycles. The van der Waals surface area contributed by atoms with Crippen molar-refractivity contribution in [2.45, 2.75) is 6.54 Å². The van der Waals surface area contributed by atoms with Gasteiger partial charge < -0.3 is 4.90 Å². The lowest BCUT2D eigenvalue weighted by Crippen LogP contribution is -2.26. The first kappa shape index (κ1) is 16.5. The van der Waals surface area contributed by atoms with Crippen molar-refractivity contribution in [1.29, 1.82) is 5.26 Å². The number of hydrogen-bond donors (Lipinski definition) is 0. The highest BCUT2D eigenvalue weighted by Gasteiger charge is 2.18. The summed E-state index contributed by atoms with van der Waals surface area (Å²) < 4.78 is 0. The summed E-state index contributed by atoms with van der Waals surface area (Å²) in [5.41, 5.74) is 1.17. The van der Waals surface area contributed by atoms with E-state index in [-0.39, 0.29) is 28.7 Å². The molecule has 0 bridgehead atoms. The van der Waals surface area contributed by atoms with Crippen molar-refractivity contribution in [3.63, 3.8) is 0 Å². The molecule has 0 aliphatic rings. The van der Waals surface area contributed by atoms with Crippen LogP contribution >= 0.6 is 11.6 Å². The normalized spacial score (nSPS) is 9.96. The van der Waals surface area contributed by atoms with E-state index >= 15 is 0 Å². The number of hydrogen-bond acceptors (Lipinski definition) is 4. The molecule has 2 aromatic carbocycles. The number of benzene rings is 2. The molecule has 0 radical (unpaired) electrons. The van der Waals surface area contributed by atoms with Gasteiger partial charge in [-0.25, -0.2) is 0 Å². The second-order valence-electron chi connectivity index (χ2n) is 4.90. The number of halogens is 1. The van der Waals surface area contributed by atoms with Crippen molar-refractivity contribution in [3.05, 3.63) is 74.3 Å². The Labute approximate surface area is 137 Å². The summed E-state index contributed by atoms with van der Waals surface area (Å²) in [6, 6.07) is 12.9. The zero-order chi connectivity index (χ0) is 17.0. The fraction of sp³-hybridized carbons (Fsp3) is 0.125. The predicted molar refractivity (Wildman–Crippen MR) is 85.1 cm³/mol. The standard InChI is InChI=1S/C16H12ClN3O3/c1-19(10-12-4-2-3-11(7-12)9-18)16(21)13-5-6-14(17)15(8-13)20(22)23/h2-8H,10H2,1H3. The highest BCUT2D eigenvalue weighted by Crippen LogP contribution is 2.25. The Balaban J connectivity index is 2.21. The van der Waals surface area contributed by atoms with Crippen LogP contribution in [0.4, 0.5) is 5.69 Å². The first-order valence-corrected chi connectivity index (χ1v) is 6.98. The van der Waals surface area contributed by atoms with Gasteiger partial charge in [-0.15, -0.1) is 0 Å². The van der Waals surface area contributed by atoms with Crippen molar-refractivity contribution in [3.8, 4) is 6.07 Å². The van der Waals surface area contributed by atoms with Crippen molar-refractivity contribution in [2.24, 2.45) is 0 Å². The fourth-order valence-corrected chi connectivity index (χ4v) is 2.28. The lowest BCUT2D eigenvalue weighted by atomic mass is 10.1. The molecule has 0 aliphatic carbocycles. The summed E-state index contributed by atoms with van der Waals surface area (Å²) in [7, 11) is 1.59. The molecule has 6 nitrogen and oxygen atoms in total. The average Bonchev–Trinajstić information content (AvgIpc) is 2.54. The molecule has 0 spiro atoms. The van der Waals surface area contributed by atoms with E-state index in [0.717, 1.165) is 11.6 Å². The minimum atomic E-state index is -0.629. The number of rotatable bonds is 4. The van der Waals surface area contributed by atoms with E-state index < -0.39 is 4.92 Å². The molecule has 2 rings (SSSR count). The van der Waals surface area contributed by atoms with E-state index in [9.17, 15) is 14.9 Å². The molecule has 0 unspecified atom stereocenters. The van der Waals surface area contributed by atoms with Crippen molar-refractivity contribution < 1.29 is 9.72 Å². The van der Waals surface area contributed by atoms with Crippen molar-refractivity contribution in [2.75, 3.05) is 7.05 Å². The van der Waals surface area contributed by atoms with Crippen LogP contribution in [0.2, 0.25) is 5.02 Å². The van der Waals surface area contributed by atoms with Crippen LogP contribution < -0.4 is 0 Å². The number of carbonyl (C=O) groups excluding carboxylic acids is 1. The maximum absolute atomic E-state index is 12.4. The van der Waals surface area contributed by atoms with Crippen LogP contribution in [0, 0.1) is 21.4 Å². The van der Waals surface area contributed by atoms with Crippen LogP contribution in [0.15, 0.2) is 42.5 Å². The second-order valence-corrected chi connectivity index (χ2v) is 5.30. The van der Waals surface area contributed by atoms with Gasteiger partial charge in [-0.05, 0) is 29.8 Å². The topological polar surface area (TPSA) is 87.2 Å². The van der Waals surface area contributed by atoms with Gasteiger partial charge in [-0.3, -0.25) is 14.9 Å². The lowest BCUT2D eigenvalue weighted by molar-refractivity contribution is -0.384. The number of carbonyl (C=O) groups is 1.